The Hall–Kier alpha value is -3.13. The predicted octanol–water partition coefficient (Wildman–Crippen LogP) is 4.42. The van der Waals surface area contributed by atoms with Gasteiger partial charge >= 0.3 is 0 Å². The molecule has 0 fully saturated rings. The highest BCUT2D eigenvalue weighted by atomic mass is 19.1. The van der Waals surface area contributed by atoms with Gasteiger partial charge in [-0.25, -0.2) is 13.6 Å². The van der Waals surface area contributed by atoms with E-state index in [2.05, 4.69) is 4.85 Å². The molecule has 3 nitrogen and oxygen atoms in total. The van der Waals surface area contributed by atoms with Gasteiger partial charge in [0, 0.05) is 38.1 Å². The van der Waals surface area contributed by atoms with E-state index in [4.69, 9.17) is 6.57 Å². The van der Waals surface area contributed by atoms with Crippen LogP contribution in [0.2, 0.25) is 0 Å². The van der Waals surface area contributed by atoms with Crippen LogP contribution in [0, 0.1) is 39.0 Å². The Morgan fingerprint density at radius 2 is 1.19 bits per heavy atom. The fraction of sp³-hybridized carbons (Fsp3) is 0.227. The van der Waals surface area contributed by atoms with Crippen LogP contribution >= 0.6 is 0 Å². The molecule has 27 heavy (non-hydrogen) atoms. The molecule has 0 aliphatic heterocycles. The first-order chi connectivity index (χ1) is 12.8. The third-order valence-corrected chi connectivity index (χ3v) is 5.19. The van der Waals surface area contributed by atoms with Gasteiger partial charge in [-0.05, 0) is 24.6 Å². The van der Waals surface area contributed by atoms with Crippen molar-refractivity contribution in [1.82, 2.24) is 0 Å². The monoisotopic (exact) mass is 365 g/mol. The van der Waals surface area contributed by atoms with Crippen molar-refractivity contribution >= 4 is 5.69 Å². The Morgan fingerprint density at radius 1 is 0.778 bits per heavy atom. The first-order valence-electron chi connectivity index (χ1n) is 8.60. The van der Waals surface area contributed by atoms with Crippen molar-refractivity contribution in [1.29, 1.82) is 0 Å². The lowest BCUT2D eigenvalue weighted by Crippen LogP contribution is -2.36. The fourth-order valence-corrected chi connectivity index (χ4v) is 3.38. The summed E-state index contributed by atoms with van der Waals surface area (Å²) in [5, 5.41) is 0. The molecule has 2 heterocycles. The Bertz CT molecular complexity index is 1030. The lowest BCUT2D eigenvalue weighted by molar-refractivity contribution is -0.666. The van der Waals surface area contributed by atoms with Crippen molar-refractivity contribution in [2.45, 2.75) is 20.8 Å². The van der Waals surface area contributed by atoms with Crippen LogP contribution < -0.4 is 9.13 Å². The average Bonchev–Trinajstić information content (AvgIpc) is 2.62. The summed E-state index contributed by atoms with van der Waals surface area (Å²) in [4.78, 5) is 3.17. The van der Waals surface area contributed by atoms with Crippen molar-refractivity contribution in [2.24, 2.45) is 14.1 Å². The molecule has 0 amide bonds. The summed E-state index contributed by atoms with van der Waals surface area (Å²) in [6, 6.07) is 11.1. The number of halogens is 2. The third kappa shape index (κ3) is 2.87. The van der Waals surface area contributed by atoms with E-state index in [1.807, 2.05) is 61.3 Å². The summed E-state index contributed by atoms with van der Waals surface area (Å²) in [7, 11) is 3.66. The fourth-order valence-electron chi connectivity index (χ4n) is 3.38. The SMILES string of the molecule is [C-]#[N+]c1c(F)c(-c2cccc(C)[n+]2C)c(C)c(-c2cccc(C)[n+]2C)c1F. The van der Waals surface area contributed by atoms with Gasteiger partial charge in [0.1, 0.15) is 25.7 Å². The van der Waals surface area contributed by atoms with Gasteiger partial charge in [0.05, 0.1) is 17.7 Å². The van der Waals surface area contributed by atoms with Crippen LogP contribution in [0.3, 0.4) is 0 Å². The van der Waals surface area contributed by atoms with Crippen molar-refractivity contribution < 1.29 is 17.9 Å². The summed E-state index contributed by atoms with van der Waals surface area (Å²) in [5.41, 5.74) is 3.48. The van der Waals surface area contributed by atoms with Crippen molar-refractivity contribution in [3.05, 3.63) is 76.4 Å². The van der Waals surface area contributed by atoms with E-state index < -0.39 is 17.3 Å². The summed E-state index contributed by atoms with van der Waals surface area (Å²) < 4.78 is 34.1. The van der Waals surface area contributed by atoms with Gasteiger partial charge in [0.25, 0.3) is 5.69 Å². The van der Waals surface area contributed by atoms with Gasteiger partial charge < -0.3 is 0 Å². The van der Waals surface area contributed by atoms with E-state index >= 15 is 8.78 Å². The Morgan fingerprint density at radius 3 is 1.56 bits per heavy atom. The normalized spacial score (nSPS) is 10.7. The minimum atomic E-state index is -0.819. The maximum absolute atomic E-state index is 15.2. The van der Waals surface area contributed by atoms with Gasteiger partial charge in [-0.3, -0.25) is 0 Å². The molecule has 0 atom stereocenters. The van der Waals surface area contributed by atoms with Crippen molar-refractivity contribution in [2.75, 3.05) is 0 Å². The highest BCUT2D eigenvalue weighted by Crippen LogP contribution is 2.40. The summed E-state index contributed by atoms with van der Waals surface area (Å²) >= 11 is 0. The highest BCUT2D eigenvalue weighted by molar-refractivity contribution is 5.80. The Balaban J connectivity index is 2.49. The summed E-state index contributed by atoms with van der Waals surface area (Å²) in [6.45, 7) is 12.9. The van der Waals surface area contributed by atoms with Crippen LogP contribution in [0.1, 0.15) is 17.0 Å². The Kier molecular flexibility index (Phi) is 4.75. The molecule has 0 bridgehead atoms. The van der Waals surface area contributed by atoms with Crippen LogP contribution in [0.25, 0.3) is 27.4 Å². The minimum Gasteiger partial charge on any atom is -0.232 e. The second-order valence-corrected chi connectivity index (χ2v) is 6.69. The standard InChI is InChI=1S/C22H21F2N3/c1-13-9-7-11-16(26(13)5)18-15(3)19(21(24)22(25-4)20(18)23)17-12-8-10-14(2)27(17)6/h7-12H,1-3,5-6H3/q+2. The van der Waals surface area contributed by atoms with Crippen LogP contribution in [0.15, 0.2) is 36.4 Å². The minimum absolute atomic E-state index is 0.255. The first kappa shape index (κ1) is 18.7. The molecule has 0 spiro atoms. The van der Waals surface area contributed by atoms with Gasteiger partial charge in [-0.2, -0.15) is 9.13 Å². The van der Waals surface area contributed by atoms with E-state index in [0.29, 0.717) is 17.0 Å². The number of benzene rings is 1. The molecule has 0 saturated carbocycles. The van der Waals surface area contributed by atoms with Crippen LogP contribution in [-0.2, 0) is 14.1 Å². The molecule has 0 saturated heterocycles. The van der Waals surface area contributed by atoms with E-state index in [1.54, 1.807) is 19.1 Å². The van der Waals surface area contributed by atoms with Gasteiger partial charge in [0.2, 0.25) is 11.4 Å². The number of rotatable bonds is 2. The summed E-state index contributed by atoms with van der Waals surface area (Å²) in [6.07, 6.45) is 0. The molecule has 1 aromatic carbocycles. The van der Waals surface area contributed by atoms with Crippen LogP contribution in [0.4, 0.5) is 14.5 Å². The quantitative estimate of drug-likeness (QED) is 0.471. The zero-order valence-electron chi connectivity index (χ0n) is 16.1. The number of nitrogens with zero attached hydrogens (tertiary/aromatic N) is 3. The smallest absolute Gasteiger partial charge is 0.232 e. The van der Waals surface area contributed by atoms with Gasteiger partial charge in [0.15, 0.2) is 11.4 Å². The van der Waals surface area contributed by atoms with Crippen molar-refractivity contribution in [3.63, 3.8) is 0 Å². The molecule has 0 N–H and O–H groups in total. The first-order valence-corrected chi connectivity index (χ1v) is 8.60. The molecule has 5 heteroatoms. The predicted molar refractivity (Wildman–Crippen MR) is 100 cm³/mol. The molecule has 0 unspecified atom stereocenters. The van der Waals surface area contributed by atoms with Gasteiger partial charge in [-0.15, -0.1) is 0 Å². The Labute approximate surface area is 158 Å². The lowest BCUT2D eigenvalue weighted by atomic mass is 9.94. The van der Waals surface area contributed by atoms with E-state index in [1.165, 1.54) is 0 Å². The van der Waals surface area contributed by atoms with Crippen LogP contribution in [-0.4, -0.2) is 0 Å². The lowest BCUT2D eigenvalue weighted by Gasteiger charge is -2.14. The molecule has 0 aliphatic rings. The molecular weight excluding hydrogens is 344 g/mol. The van der Waals surface area contributed by atoms with Gasteiger partial charge in [-0.1, -0.05) is 0 Å². The zero-order chi connectivity index (χ0) is 19.9. The van der Waals surface area contributed by atoms with E-state index in [9.17, 15) is 0 Å². The molecule has 3 rings (SSSR count). The highest BCUT2D eigenvalue weighted by Gasteiger charge is 2.31. The number of aromatic nitrogens is 2. The maximum Gasteiger partial charge on any atom is 0.258 e. The molecule has 0 radical (unpaired) electrons. The molecule has 0 aliphatic carbocycles. The third-order valence-electron chi connectivity index (χ3n) is 5.19. The molecule has 136 valence electrons. The molecule has 2 aromatic heterocycles. The van der Waals surface area contributed by atoms with E-state index in [0.717, 1.165) is 11.4 Å². The molecule has 3 aromatic rings. The second kappa shape index (κ2) is 6.88. The largest absolute Gasteiger partial charge is 0.258 e. The number of hydrogen-bond acceptors (Lipinski definition) is 0. The van der Waals surface area contributed by atoms with E-state index in [-0.39, 0.29) is 11.1 Å². The average molecular weight is 365 g/mol. The summed E-state index contributed by atoms with van der Waals surface area (Å²) in [5.74, 6) is -1.64. The molecular formula is C22H21F2N3+2. The zero-order valence-corrected chi connectivity index (χ0v) is 16.1. The number of hydrogen-bond donors (Lipinski definition) is 0. The maximum atomic E-state index is 15.2. The topological polar surface area (TPSA) is 12.1 Å². The second-order valence-electron chi connectivity index (χ2n) is 6.69. The van der Waals surface area contributed by atoms with Crippen LogP contribution in [0.5, 0.6) is 0 Å². The number of aryl methyl sites for hydroxylation is 2. The number of pyridine rings is 2. The van der Waals surface area contributed by atoms with Crippen molar-refractivity contribution in [3.8, 4) is 22.5 Å².